The zero-order valence-electron chi connectivity index (χ0n) is 13.1. The van der Waals surface area contributed by atoms with Gasteiger partial charge in [-0.05, 0) is 28.1 Å². The number of carbonyl (C=O) groups is 2. The van der Waals surface area contributed by atoms with E-state index < -0.39 is 12.6 Å². The van der Waals surface area contributed by atoms with Crippen molar-refractivity contribution in [3.05, 3.63) is 22.2 Å². The quantitative estimate of drug-likeness (QED) is 0.667. The molecular formula is C15H17BrN2O5. The zero-order valence-corrected chi connectivity index (χ0v) is 14.7. The Bertz CT molecular complexity index is 602. The second-order valence-corrected chi connectivity index (χ2v) is 5.29. The highest BCUT2D eigenvalue weighted by atomic mass is 79.9. The molecule has 0 aliphatic rings. The topological polar surface area (TPSA) is 88.9 Å². The molecule has 7 nitrogen and oxygen atoms in total. The van der Waals surface area contributed by atoms with Crippen LogP contribution >= 0.6 is 15.9 Å². The summed E-state index contributed by atoms with van der Waals surface area (Å²) < 4.78 is 15.9. The van der Waals surface area contributed by atoms with E-state index in [1.165, 1.54) is 31.3 Å². The van der Waals surface area contributed by atoms with Gasteiger partial charge >= 0.3 is 5.97 Å². The van der Waals surface area contributed by atoms with Crippen molar-refractivity contribution in [1.82, 2.24) is 4.90 Å². The van der Waals surface area contributed by atoms with E-state index in [1.807, 2.05) is 6.07 Å². The minimum Gasteiger partial charge on any atom is -0.495 e. The zero-order chi connectivity index (χ0) is 17.4. The number of esters is 1. The molecule has 0 bridgehead atoms. The summed E-state index contributed by atoms with van der Waals surface area (Å²) >= 11 is 3.30. The Morgan fingerprint density at radius 1 is 1.26 bits per heavy atom. The van der Waals surface area contributed by atoms with Gasteiger partial charge in [-0.2, -0.15) is 5.26 Å². The van der Waals surface area contributed by atoms with Gasteiger partial charge in [-0.1, -0.05) is 0 Å². The van der Waals surface area contributed by atoms with Crippen molar-refractivity contribution >= 4 is 27.8 Å². The largest absolute Gasteiger partial charge is 0.495 e. The summed E-state index contributed by atoms with van der Waals surface area (Å²) in [4.78, 5) is 25.2. The highest BCUT2D eigenvalue weighted by Gasteiger charge is 2.17. The Balaban J connectivity index is 2.75. The summed E-state index contributed by atoms with van der Waals surface area (Å²) in [6, 6.07) is 4.91. The number of nitriles is 1. The van der Waals surface area contributed by atoms with Crippen LogP contribution in [0.4, 0.5) is 0 Å². The van der Waals surface area contributed by atoms with Gasteiger partial charge in [0.1, 0.15) is 16.0 Å². The molecular weight excluding hydrogens is 368 g/mol. The SMILES string of the molecule is COc1cc(C(=O)OCC(=O)N(C)CCC#N)cc(OC)c1Br. The molecule has 8 heteroatoms. The van der Waals surface area contributed by atoms with Gasteiger partial charge in [-0.15, -0.1) is 0 Å². The first-order chi connectivity index (χ1) is 10.9. The van der Waals surface area contributed by atoms with Gasteiger partial charge in [0, 0.05) is 13.6 Å². The van der Waals surface area contributed by atoms with Gasteiger partial charge in [-0.3, -0.25) is 4.79 Å². The van der Waals surface area contributed by atoms with Crippen molar-refractivity contribution in [2.24, 2.45) is 0 Å². The lowest BCUT2D eigenvalue weighted by Gasteiger charge is -2.15. The van der Waals surface area contributed by atoms with E-state index in [2.05, 4.69) is 15.9 Å². The van der Waals surface area contributed by atoms with E-state index in [-0.39, 0.29) is 24.4 Å². The summed E-state index contributed by atoms with van der Waals surface area (Å²) in [5.41, 5.74) is 0.203. The number of carbonyl (C=O) groups excluding carboxylic acids is 2. The maximum atomic E-state index is 12.1. The van der Waals surface area contributed by atoms with Crippen LogP contribution in [0.3, 0.4) is 0 Å². The van der Waals surface area contributed by atoms with E-state index in [1.54, 1.807) is 7.05 Å². The fourth-order valence-corrected chi connectivity index (χ4v) is 2.20. The molecule has 0 unspecified atom stereocenters. The van der Waals surface area contributed by atoms with Crippen LogP contribution < -0.4 is 9.47 Å². The lowest BCUT2D eigenvalue weighted by molar-refractivity contribution is -0.133. The molecule has 23 heavy (non-hydrogen) atoms. The van der Waals surface area contributed by atoms with Crippen LogP contribution in [0.2, 0.25) is 0 Å². The van der Waals surface area contributed by atoms with Crippen LogP contribution in [0.25, 0.3) is 0 Å². The van der Waals surface area contributed by atoms with E-state index in [0.29, 0.717) is 16.0 Å². The van der Waals surface area contributed by atoms with Crippen LogP contribution in [0.1, 0.15) is 16.8 Å². The number of rotatable bonds is 7. The van der Waals surface area contributed by atoms with Crippen LogP contribution in [0.5, 0.6) is 11.5 Å². The highest BCUT2D eigenvalue weighted by molar-refractivity contribution is 9.10. The Kier molecular flexibility index (Phi) is 7.35. The number of benzene rings is 1. The van der Waals surface area contributed by atoms with Gasteiger partial charge in [0.25, 0.3) is 5.91 Å². The number of amides is 1. The molecule has 1 rings (SSSR count). The molecule has 0 aliphatic heterocycles. The number of nitrogens with zero attached hydrogens (tertiary/aromatic N) is 2. The van der Waals surface area contributed by atoms with E-state index in [4.69, 9.17) is 19.5 Å². The lowest BCUT2D eigenvalue weighted by Crippen LogP contribution is -2.31. The molecule has 124 valence electrons. The first kappa shape index (κ1) is 18.8. The van der Waals surface area contributed by atoms with Crippen LogP contribution in [-0.4, -0.2) is 51.2 Å². The average Bonchev–Trinajstić information content (AvgIpc) is 2.57. The molecule has 1 aromatic carbocycles. The van der Waals surface area contributed by atoms with Crippen molar-refractivity contribution in [3.8, 4) is 17.6 Å². The predicted octanol–water partition coefficient (Wildman–Crippen LogP) is 2.00. The summed E-state index contributed by atoms with van der Waals surface area (Å²) in [5, 5.41) is 8.48. The summed E-state index contributed by atoms with van der Waals surface area (Å²) in [6.45, 7) is -0.117. The standard InChI is InChI=1S/C15H17BrN2O5/c1-18(6-4-5-17)13(19)9-23-15(20)10-7-11(21-2)14(16)12(8-10)22-3/h7-8H,4,6,9H2,1-3H3. The highest BCUT2D eigenvalue weighted by Crippen LogP contribution is 2.35. The summed E-state index contributed by atoms with van der Waals surface area (Å²) in [6.07, 6.45) is 0.220. The molecule has 0 aliphatic carbocycles. The van der Waals surface area contributed by atoms with Gasteiger partial charge < -0.3 is 19.1 Å². The van der Waals surface area contributed by atoms with Crippen molar-refractivity contribution in [2.75, 3.05) is 34.4 Å². The van der Waals surface area contributed by atoms with E-state index in [9.17, 15) is 9.59 Å². The smallest absolute Gasteiger partial charge is 0.338 e. The molecule has 0 fully saturated rings. The third-order valence-corrected chi connectivity index (χ3v) is 3.77. The summed E-state index contributed by atoms with van der Waals surface area (Å²) in [5.74, 6) is -0.233. The number of ether oxygens (including phenoxy) is 3. The monoisotopic (exact) mass is 384 g/mol. The molecule has 0 atom stereocenters. The van der Waals surface area contributed by atoms with E-state index >= 15 is 0 Å². The van der Waals surface area contributed by atoms with E-state index in [0.717, 1.165) is 0 Å². The lowest BCUT2D eigenvalue weighted by atomic mass is 10.2. The van der Waals surface area contributed by atoms with Crippen molar-refractivity contribution in [3.63, 3.8) is 0 Å². The molecule has 0 radical (unpaired) electrons. The van der Waals surface area contributed by atoms with Crippen molar-refractivity contribution < 1.29 is 23.8 Å². The second kappa shape index (κ2) is 9.00. The maximum absolute atomic E-state index is 12.1. The van der Waals surface area contributed by atoms with Crippen molar-refractivity contribution in [2.45, 2.75) is 6.42 Å². The first-order valence-electron chi connectivity index (χ1n) is 6.64. The van der Waals surface area contributed by atoms with Gasteiger partial charge in [-0.25, -0.2) is 4.79 Å². The van der Waals surface area contributed by atoms with Crippen molar-refractivity contribution in [1.29, 1.82) is 5.26 Å². The second-order valence-electron chi connectivity index (χ2n) is 4.49. The number of hydrogen-bond donors (Lipinski definition) is 0. The molecule has 1 aromatic rings. The predicted molar refractivity (Wildman–Crippen MR) is 85.4 cm³/mol. The van der Waals surface area contributed by atoms with Gasteiger partial charge in [0.2, 0.25) is 0 Å². The average molecular weight is 385 g/mol. The fourth-order valence-electron chi connectivity index (χ4n) is 1.65. The molecule has 0 N–H and O–H groups in total. The Hall–Kier alpha value is -2.27. The number of likely N-dealkylation sites (N-methyl/N-ethyl adjacent to an activating group) is 1. The minimum atomic E-state index is -0.670. The number of halogens is 1. The van der Waals surface area contributed by atoms with Crippen LogP contribution in [0.15, 0.2) is 16.6 Å². The molecule has 0 saturated carbocycles. The molecule has 0 aromatic heterocycles. The Morgan fingerprint density at radius 2 is 1.83 bits per heavy atom. The molecule has 1 amide bonds. The molecule has 0 heterocycles. The molecule has 0 saturated heterocycles. The molecule has 0 spiro atoms. The minimum absolute atomic E-state index is 0.203. The first-order valence-corrected chi connectivity index (χ1v) is 7.43. The normalized spacial score (nSPS) is 9.70. The van der Waals surface area contributed by atoms with Gasteiger partial charge in [0.05, 0.1) is 32.3 Å². The summed E-state index contributed by atoms with van der Waals surface area (Å²) in [7, 11) is 4.46. The fraction of sp³-hybridized carbons (Fsp3) is 0.400. The third kappa shape index (κ3) is 5.14. The van der Waals surface area contributed by atoms with Crippen LogP contribution in [-0.2, 0) is 9.53 Å². The maximum Gasteiger partial charge on any atom is 0.338 e. The number of methoxy groups -OCH3 is 2. The Labute approximate surface area is 142 Å². The third-order valence-electron chi connectivity index (χ3n) is 2.99. The number of hydrogen-bond acceptors (Lipinski definition) is 6. The van der Waals surface area contributed by atoms with Gasteiger partial charge in [0.15, 0.2) is 6.61 Å². The van der Waals surface area contributed by atoms with Crippen LogP contribution in [0, 0.1) is 11.3 Å². The Morgan fingerprint density at radius 3 is 2.30 bits per heavy atom.